The van der Waals surface area contributed by atoms with E-state index in [1.807, 2.05) is 6.92 Å². The molecule has 0 aromatic carbocycles. The number of nitrogens with one attached hydrogen (secondary N) is 1. The van der Waals surface area contributed by atoms with Crippen LogP contribution in [0.1, 0.15) is 33.1 Å². The Balaban J connectivity index is 2.19. The summed E-state index contributed by atoms with van der Waals surface area (Å²) in [5, 5.41) is 3.27. The third-order valence-corrected chi connectivity index (χ3v) is 5.22. The Kier molecular flexibility index (Phi) is 7.51. The van der Waals surface area contributed by atoms with Crippen LogP contribution in [0.15, 0.2) is 0 Å². The normalized spacial score (nSPS) is 22.9. The molecule has 2 aliphatic rings. The lowest BCUT2D eigenvalue weighted by molar-refractivity contribution is -0.158. The topological polar surface area (TPSA) is 44.8 Å². The molecule has 2 unspecified atom stereocenters. The van der Waals surface area contributed by atoms with E-state index in [2.05, 4.69) is 5.32 Å². The number of piperidine rings is 1. The molecule has 1 N–H and O–H groups in total. The fourth-order valence-electron chi connectivity index (χ4n) is 3.98. The number of likely N-dealkylation sites (N-methyl/N-ethyl adjacent to an activating group) is 1. The average Bonchev–Trinajstić information content (AvgIpc) is 2.59. The summed E-state index contributed by atoms with van der Waals surface area (Å²) in [4.78, 5) is 16.7. The number of morpholine rings is 1. The van der Waals surface area contributed by atoms with E-state index in [4.69, 9.17) is 4.74 Å². The number of nitrogens with zero attached hydrogens (tertiary/aromatic N) is 2. The zero-order valence-electron chi connectivity index (χ0n) is 15.1. The lowest BCUT2D eigenvalue weighted by atomic mass is 9.87. The van der Waals surface area contributed by atoms with Crippen molar-refractivity contribution in [3.05, 3.63) is 0 Å². The van der Waals surface area contributed by atoms with E-state index in [-0.39, 0.29) is 11.8 Å². The number of hydrogen-bond acceptors (Lipinski definition) is 4. The van der Waals surface area contributed by atoms with Crippen molar-refractivity contribution in [1.82, 2.24) is 15.1 Å². The number of rotatable bonds is 6. The minimum Gasteiger partial charge on any atom is -0.378 e. The van der Waals surface area contributed by atoms with Crippen LogP contribution in [0.2, 0.25) is 0 Å². The van der Waals surface area contributed by atoms with Crippen molar-refractivity contribution < 1.29 is 22.7 Å². The molecular formula is C17H30F3N3O2. The average molecular weight is 365 g/mol. The zero-order chi connectivity index (χ0) is 18.4. The van der Waals surface area contributed by atoms with Crippen LogP contribution in [0.25, 0.3) is 0 Å². The van der Waals surface area contributed by atoms with Gasteiger partial charge in [-0.25, -0.2) is 0 Å². The number of hydrogen-bond donors (Lipinski definition) is 1. The Morgan fingerprint density at radius 2 is 1.88 bits per heavy atom. The SMILES string of the molecule is CCN(C(C)CC(F)(F)F)C(C(=O)N1CCOCC1)C1CCNCC1. The Bertz CT molecular complexity index is 422. The molecule has 25 heavy (non-hydrogen) atoms. The molecule has 2 aliphatic heterocycles. The largest absolute Gasteiger partial charge is 0.390 e. The summed E-state index contributed by atoms with van der Waals surface area (Å²) in [5.41, 5.74) is 0. The third-order valence-electron chi connectivity index (χ3n) is 5.22. The fourth-order valence-corrected chi connectivity index (χ4v) is 3.98. The number of halogens is 3. The van der Waals surface area contributed by atoms with Crippen molar-refractivity contribution in [2.24, 2.45) is 5.92 Å². The Labute approximate surface area is 147 Å². The molecule has 2 rings (SSSR count). The van der Waals surface area contributed by atoms with Gasteiger partial charge in [0.15, 0.2) is 0 Å². The van der Waals surface area contributed by atoms with Crippen molar-refractivity contribution in [3.8, 4) is 0 Å². The fraction of sp³-hybridized carbons (Fsp3) is 0.941. The minimum absolute atomic E-state index is 0.0360. The van der Waals surface area contributed by atoms with Crippen molar-refractivity contribution >= 4 is 5.91 Å². The van der Waals surface area contributed by atoms with Gasteiger partial charge in [0.05, 0.1) is 25.7 Å². The van der Waals surface area contributed by atoms with Gasteiger partial charge in [0.25, 0.3) is 0 Å². The molecule has 0 bridgehead atoms. The molecule has 2 fully saturated rings. The van der Waals surface area contributed by atoms with Crippen molar-refractivity contribution in [1.29, 1.82) is 0 Å². The molecular weight excluding hydrogens is 335 g/mol. The van der Waals surface area contributed by atoms with Crippen LogP contribution in [0.4, 0.5) is 13.2 Å². The van der Waals surface area contributed by atoms with Gasteiger partial charge >= 0.3 is 6.18 Å². The van der Waals surface area contributed by atoms with E-state index in [1.54, 1.807) is 16.7 Å². The minimum atomic E-state index is -4.23. The maximum Gasteiger partial charge on any atom is 0.390 e. The molecule has 2 saturated heterocycles. The predicted molar refractivity (Wildman–Crippen MR) is 89.3 cm³/mol. The molecule has 8 heteroatoms. The van der Waals surface area contributed by atoms with Crippen LogP contribution in [0.3, 0.4) is 0 Å². The van der Waals surface area contributed by atoms with Gasteiger partial charge in [-0.3, -0.25) is 9.69 Å². The summed E-state index contributed by atoms with van der Waals surface area (Å²) in [6.07, 6.45) is -3.49. The first kappa shape index (κ1) is 20.5. The summed E-state index contributed by atoms with van der Waals surface area (Å²) in [6.45, 7) is 7.50. The standard InChI is InChI=1S/C17H30F3N3O2/c1-3-23(13(2)12-17(18,19)20)15(14-4-6-21-7-5-14)16(24)22-8-10-25-11-9-22/h13-15,21H,3-12H2,1-2H3. The van der Waals surface area contributed by atoms with Crippen LogP contribution < -0.4 is 5.32 Å². The number of alkyl halides is 3. The lowest BCUT2D eigenvalue weighted by Crippen LogP contribution is -2.58. The number of amides is 1. The molecule has 0 aromatic rings. The summed E-state index contributed by atoms with van der Waals surface area (Å²) in [7, 11) is 0. The Hall–Kier alpha value is -0.860. The van der Waals surface area contributed by atoms with Crippen molar-refractivity contribution in [2.45, 2.75) is 51.4 Å². The monoisotopic (exact) mass is 365 g/mol. The summed E-state index contributed by atoms with van der Waals surface area (Å²) >= 11 is 0. The molecule has 0 radical (unpaired) electrons. The third kappa shape index (κ3) is 5.82. The number of carbonyl (C=O) groups is 1. The van der Waals surface area contributed by atoms with Crippen LogP contribution in [-0.2, 0) is 9.53 Å². The molecule has 0 saturated carbocycles. The molecule has 0 spiro atoms. The van der Waals surface area contributed by atoms with Crippen molar-refractivity contribution in [2.75, 3.05) is 45.9 Å². The van der Waals surface area contributed by atoms with Crippen molar-refractivity contribution in [3.63, 3.8) is 0 Å². The number of ether oxygens (including phenoxy) is 1. The van der Waals surface area contributed by atoms with Gasteiger partial charge in [-0.05, 0) is 45.3 Å². The first-order valence-corrected chi connectivity index (χ1v) is 9.23. The Morgan fingerprint density at radius 1 is 1.28 bits per heavy atom. The van der Waals surface area contributed by atoms with Gasteiger partial charge in [-0.15, -0.1) is 0 Å². The van der Waals surface area contributed by atoms with E-state index < -0.39 is 24.7 Å². The molecule has 5 nitrogen and oxygen atoms in total. The highest BCUT2D eigenvalue weighted by molar-refractivity contribution is 5.82. The molecule has 2 atom stereocenters. The lowest BCUT2D eigenvalue weighted by Gasteiger charge is -2.43. The number of carbonyl (C=O) groups excluding carboxylic acids is 1. The van der Waals surface area contributed by atoms with Gasteiger partial charge in [0, 0.05) is 19.1 Å². The molecule has 2 heterocycles. The predicted octanol–water partition coefficient (Wildman–Crippen LogP) is 1.88. The van der Waals surface area contributed by atoms with Gasteiger partial charge in [-0.2, -0.15) is 13.2 Å². The maximum atomic E-state index is 13.2. The summed E-state index contributed by atoms with van der Waals surface area (Å²) < 4.78 is 44.1. The van der Waals surface area contributed by atoms with Gasteiger partial charge in [-0.1, -0.05) is 6.92 Å². The van der Waals surface area contributed by atoms with Crippen LogP contribution in [-0.4, -0.2) is 79.9 Å². The second-order valence-electron chi connectivity index (χ2n) is 6.97. The molecule has 1 amide bonds. The molecule has 0 aliphatic carbocycles. The Morgan fingerprint density at radius 3 is 2.40 bits per heavy atom. The highest BCUT2D eigenvalue weighted by atomic mass is 19.4. The molecule has 146 valence electrons. The second kappa shape index (κ2) is 9.19. The van der Waals surface area contributed by atoms with Gasteiger partial charge in [0.1, 0.15) is 0 Å². The quantitative estimate of drug-likeness (QED) is 0.781. The highest BCUT2D eigenvalue weighted by Gasteiger charge is 2.41. The highest BCUT2D eigenvalue weighted by Crippen LogP contribution is 2.29. The van der Waals surface area contributed by atoms with Crippen LogP contribution in [0.5, 0.6) is 0 Å². The van der Waals surface area contributed by atoms with E-state index in [0.717, 1.165) is 25.9 Å². The van der Waals surface area contributed by atoms with Gasteiger partial charge in [0.2, 0.25) is 5.91 Å². The van der Waals surface area contributed by atoms with E-state index in [9.17, 15) is 18.0 Å². The first-order valence-electron chi connectivity index (χ1n) is 9.23. The van der Waals surface area contributed by atoms with E-state index in [1.165, 1.54) is 0 Å². The second-order valence-corrected chi connectivity index (χ2v) is 6.97. The van der Waals surface area contributed by atoms with Gasteiger partial charge < -0.3 is 15.0 Å². The van der Waals surface area contributed by atoms with E-state index in [0.29, 0.717) is 32.8 Å². The first-order chi connectivity index (χ1) is 11.8. The van der Waals surface area contributed by atoms with Crippen LogP contribution in [0, 0.1) is 5.92 Å². The molecule has 0 aromatic heterocycles. The maximum absolute atomic E-state index is 13.2. The summed E-state index contributed by atoms with van der Waals surface area (Å²) in [5.74, 6) is 0.0540. The zero-order valence-corrected chi connectivity index (χ0v) is 15.1. The van der Waals surface area contributed by atoms with E-state index >= 15 is 0 Å². The smallest absolute Gasteiger partial charge is 0.378 e. The summed E-state index contributed by atoms with van der Waals surface area (Å²) in [6, 6.07) is -1.20. The van der Waals surface area contributed by atoms with Crippen LogP contribution >= 0.6 is 0 Å².